The van der Waals surface area contributed by atoms with Gasteiger partial charge in [-0.25, -0.2) is 0 Å². The molecule has 1 fully saturated rings. The normalized spacial score (nSPS) is 21.9. The van der Waals surface area contributed by atoms with Gasteiger partial charge in [0.2, 0.25) is 0 Å². The van der Waals surface area contributed by atoms with Crippen molar-refractivity contribution in [1.29, 1.82) is 0 Å². The third-order valence-corrected chi connectivity index (χ3v) is 3.77. The van der Waals surface area contributed by atoms with Crippen LogP contribution in [0.25, 0.3) is 0 Å². The maximum absolute atomic E-state index is 6.22. The predicted octanol–water partition coefficient (Wildman–Crippen LogP) is 2.67. The summed E-state index contributed by atoms with van der Waals surface area (Å²) in [4.78, 5) is 2.45. The molecule has 4 heteroatoms. The first-order chi connectivity index (χ1) is 8.22. The molecule has 0 aromatic carbocycles. The minimum absolute atomic E-state index is 0.326. The zero-order valence-electron chi connectivity index (χ0n) is 10.8. The zero-order valence-corrected chi connectivity index (χ0v) is 11.6. The van der Waals surface area contributed by atoms with Crippen molar-refractivity contribution in [2.75, 3.05) is 13.1 Å². The molecular formula is C13H22ClN3. The summed E-state index contributed by atoms with van der Waals surface area (Å²) in [6, 6.07) is 2.24. The van der Waals surface area contributed by atoms with Crippen molar-refractivity contribution in [1.82, 2.24) is 14.7 Å². The highest BCUT2D eigenvalue weighted by molar-refractivity contribution is 6.20. The largest absolute Gasteiger partial charge is 0.296 e. The SMILES string of the molecule is CCc1cc(CN2CCCC(Cl)C2)n(CC)n1. The first-order valence-corrected chi connectivity index (χ1v) is 7.08. The molecular weight excluding hydrogens is 234 g/mol. The smallest absolute Gasteiger partial charge is 0.0625 e. The van der Waals surface area contributed by atoms with E-state index < -0.39 is 0 Å². The van der Waals surface area contributed by atoms with E-state index in [1.54, 1.807) is 0 Å². The lowest BCUT2D eigenvalue weighted by molar-refractivity contribution is 0.218. The molecule has 0 N–H and O–H groups in total. The fourth-order valence-corrected chi connectivity index (χ4v) is 2.81. The molecule has 0 saturated carbocycles. The van der Waals surface area contributed by atoms with Crippen LogP contribution in [0.4, 0.5) is 0 Å². The summed E-state index contributed by atoms with van der Waals surface area (Å²) in [6.07, 6.45) is 3.39. The minimum atomic E-state index is 0.326. The Morgan fingerprint density at radius 3 is 2.94 bits per heavy atom. The number of nitrogens with zero attached hydrogens (tertiary/aromatic N) is 3. The summed E-state index contributed by atoms with van der Waals surface area (Å²) in [5.41, 5.74) is 2.52. The standard InChI is InChI=1S/C13H22ClN3/c1-3-12-8-13(17(4-2)15-12)10-16-7-5-6-11(14)9-16/h8,11H,3-7,9-10H2,1-2H3. The van der Waals surface area contributed by atoms with Crippen molar-refractivity contribution in [2.45, 2.75) is 51.6 Å². The third-order valence-electron chi connectivity index (χ3n) is 3.41. The average Bonchev–Trinajstić information content (AvgIpc) is 2.71. The van der Waals surface area contributed by atoms with Crippen molar-refractivity contribution in [3.8, 4) is 0 Å². The lowest BCUT2D eigenvalue weighted by Gasteiger charge is -2.29. The number of aryl methyl sites for hydroxylation is 2. The first kappa shape index (κ1) is 12.9. The Hall–Kier alpha value is -0.540. The monoisotopic (exact) mass is 255 g/mol. The van der Waals surface area contributed by atoms with Gasteiger partial charge >= 0.3 is 0 Å². The lowest BCUT2D eigenvalue weighted by Crippen LogP contribution is -2.35. The number of likely N-dealkylation sites (tertiary alicyclic amines) is 1. The van der Waals surface area contributed by atoms with Crippen LogP contribution in [0.2, 0.25) is 0 Å². The summed E-state index contributed by atoms with van der Waals surface area (Å²) >= 11 is 6.22. The van der Waals surface area contributed by atoms with Crippen LogP contribution < -0.4 is 0 Å². The third kappa shape index (κ3) is 3.23. The van der Waals surface area contributed by atoms with E-state index in [4.69, 9.17) is 11.6 Å². The first-order valence-electron chi connectivity index (χ1n) is 6.65. The van der Waals surface area contributed by atoms with Crippen molar-refractivity contribution in [3.63, 3.8) is 0 Å². The molecule has 3 nitrogen and oxygen atoms in total. The van der Waals surface area contributed by atoms with Crippen LogP contribution >= 0.6 is 11.6 Å². The predicted molar refractivity (Wildman–Crippen MR) is 71.4 cm³/mol. The Morgan fingerprint density at radius 2 is 2.29 bits per heavy atom. The van der Waals surface area contributed by atoms with Crippen molar-refractivity contribution in [3.05, 3.63) is 17.5 Å². The van der Waals surface area contributed by atoms with E-state index in [0.29, 0.717) is 5.38 Å². The quantitative estimate of drug-likeness (QED) is 0.772. The molecule has 0 amide bonds. The minimum Gasteiger partial charge on any atom is -0.296 e. The van der Waals surface area contributed by atoms with Gasteiger partial charge in [0.05, 0.1) is 11.4 Å². The molecule has 1 aromatic heterocycles. The molecule has 17 heavy (non-hydrogen) atoms. The Labute approximate surface area is 109 Å². The Kier molecular flexibility index (Phi) is 4.46. The molecule has 1 unspecified atom stereocenters. The van der Waals surface area contributed by atoms with Gasteiger partial charge in [-0.2, -0.15) is 5.10 Å². The van der Waals surface area contributed by atoms with Crippen LogP contribution in [0.1, 0.15) is 38.1 Å². The zero-order chi connectivity index (χ0) is 12.3. The highest BCUT2D eigenvalue weighted by Crippen LogP contribution is 2.18. The van der Waals surface area contributed by atoms with Crippen LogP contribution in [-0.2, 0) is 19.5 Å². The highest BCUT2D eigenvalue weighted by Gasteiger charge is 2.19. The molecule has 1 aliphatic heterocycles. The fraction of sp³-hybridized carbons (Fsp3) is 0.769. The topological polar surface area (TPSA) is 21.1 Å². The highest BCUT2D eigenvalue weighted by atomic mass is 35.5. The number of rotatable bonds is 4. The van der Waals surface area contributed by atoms with Gasteiger partial charge in [0.1, 0.15) is 0 Å². The summed E-state index contributed by atoms with van der Waals surface area (Å²) in [5, 5.41) is 4.92. The second-order valence-electron chi connectivity index (χ2n) is 4.77. The molecule has 96 valence electrons. The Balaban J connectivity index is 2.03. The number of aromatic nitrogens is 2. The van der Waals surface area contributed by atoms with Gasteiger partial charge in [-0.1, -0.05) is 6.92 Å². The lowest BCUT2D eigenvalue weighted by atomic mass is 10.1. The summed E-state index contributed by atoms with van der Waals surface area (Å²) in [5.74, 6) is 0. The van der Waals surface area contributed by atoms with Gasteiger partial charge in [0.15, 0.2) is 0 Å². The van der Waals surface area contributed by atoms with E-state index in [9.17, 15) is 0 Å². The van der Waals surface area contributed by atoms with Gasteiger partial charge in [0, 0.05) is 25.0 Å². The number of hydrogen-bond acceptors (Lipinski definition) is 2. The number of halogens is 1. The van der Waals surface area contributed by atoms with Gasteiger partial charge in [-0.05, 0) is 38.8 Å². The van der Waals surface area contributed by atoms with Gasteiger partial charge in [-0.15, -0.1) is 11.6 Å². The maximum atomic E-state index is 6.22. The molecule has 1 saturated heterocycles. The van der Waals surface area contributed by atoms with Crippen LogP contribution in [0.3, 0.4) is 0 Å². The molecule has 2 heterocycles. The van der Waals surface area contributed by atoms with E-state index in [-0.39, 0.29) is 0 Å². The van der Waals surface area contributed by atoms with Crippen LogP contribution in [0, 0.1) is 0 Å². The average molecular weight is 256 g/mol. The molecule has 1 aliphatic rings. The van der Waals surface area contributed by atoms with Crippen molar-refractivity contribution in [2.24, 2.45) is 0 Å². The number of hydrogen-bond donors (Lipinski definition) is 0. The fourth-order valence-electron chi connectivity index (χ4n) is 2.46. The van der Waals surface area contributed by atoms with E-state index in [0.717, 1.165) is 32.5 Å². The van der Waals surface area contributed by atoms with E-state index in [1.807, 2.05) is 0 Å². The Morgan fingerprint density at radius 1 is 1.47 bits per heavy atom. The van der Waals surface area contributed by atoms with Gasteiger partial charge in [0.25, 0.3) is 0 Å². The van der Waals surface area contributed by atoms with E-state index in [2.05, 4.69) is 34.6 Å². The second kappa shape index (κ2) is 5.87. The van der Waals surface area contributed by atoms with Crippen LogP contribution in [0.15, 0.2) is 6.07 Å². The Bertz CT molecular complexity index is 362. The summed E-state index contributed by atoms with van der Waals surface area (Å²) < 4.78 is 2.12. The molecule has 2 rings (SSSR count). The molecule has 0 aliphatic carbocycles. The molecule has 0 radical (unpaired) electrons. The van der Waals surface area contributed by atoms with E-state index in [1.165, 1.54) is 24.4 Å². The molecule has 0 bridgehead atoms. The summed E-state index contributed by atoms with van der Waals surface area (Å²) in [7, 11) is 0. The number of piperidine rings is 1. The maximum Gasteiger partial charge on any atom is 0.0625 e. The summed E-state index contributed by atoms with van der Waals surface area (Å²) in [6.45, 7) is 8.42. The van der Waals surface area contributed by atoms with E-state index >= 15 is 0 Å². The van der Waals surface area contributed by atoms with Crippen LogP contribution in [0.5, 0.6) is 0 Å². The second-order valence-corrected chi connectivity index (χ2v) is 5.39. The molecule has 1 aromatic rings. The van der Waals surface area contributed by atoms with Gasteiger partial charge < -0.3 is 0 Å². The molecule has 1 atom stereocenters. The van der Waals surface area contributed by atoms with Crippen molar-refractivity contribution < 1.29 is 0 Å². The van der Waals surface area contributed by atoms with Crippen LogP contribution in [-0.4, -0.2) is 33.1 Å². The van der Waals surface area contributed by atoms with Crippen molar-refractivity contribution >= 4 is 11.6 Å². The van der Waals surface area contributed by atoms with Gasteiger partial charge in [-0.3, -0.25) is 9.58 Å². The number of alkyl halides is 1. The molecule has 0 spiro atoms.